The molecule has 3 unspecified atom stereocenters. The van der Waals surface area contributed by atoms with Gasteiger partial charge in [-0.25, -0.2) is 13.6 Å². The summed E-state index contributed by atoms with van der Waals surface area (Å²) in [5, 5.41) is 8.30. The van der Waals surface area contributed by atoms with E-state index in [1.807, 2.05) is 13.1 Å². The van der Waals surface area contributed by atoms with Crippen molar-refractivity contribution in [1.29, 1.82) is 0 Å². The van der Waals surface area contributed by atoms with Crippen LogP contribution < -0.4 is 15.2 Å². The minimum absolute atomic E-state index is 0.209. The lowest BCUT2D eigenvalue weighted by atomic mass is 9.86. The predicted octanol–water partition coefficient (Wildman–Crippen LogP) is 3.24. The quantitative estimate of drug-likeness (QED) is 0.609. The number of hydrogen-bond donors (Lipinski definition) is 2. The molecular weight excluding hydrogens is 396 g/mol. The van der Waals surface area contributed by atoms with E-state index in [0.717, 1.165) is 38.0 Å². The highest BCUT2D eigenvalue weighted by molar-refractivity contribution is 7.89. The van der Waals surface area contributed by atoms with Crippen molar-refractivity contribution in [1.82, 2.24) is 5.32 Å². The topological polar surface area (TPSA) is 81.4 Å². The Morgan fingerprint density at radius 1 is 1.17 bits per heavy atom. The van der Waals surface area contributed by atoms with Crippen LogP contribution in [0.4, 0.5) is 0 Å². The third-order valence-electron chi connectivity index (χ3n) is 6.57. The zero-order valence-corrected chi connectivity index (χ0v) is 18.4. The van der Waals surface area contributed by atoms with E-state index in [9.17, 15) is 8.42 Å². The molecule has 6 heteroatoms. The van der Waals surface area contributed by atoms with Crippen LogP contribution in [0.25, 0.3) is 0 Å². The maximum absolute atomic E-state index is 11.8. The first kappa shape index (κ1) is 21.3. The summed E-state index contributed by atoms with van der Waals surface area (Å²) in [5.74, 6) is 2.03. The van der Waals surface area contributed by atoms with Gasteiger partial charge in [0.15, 0.2) is 0 Å². The van der Waals surface area contributed by atoms with Crippen LogP contribution in [0.5, 0.6) is 5.75 Å². The molecule has 4 rings (SSSR count). The van der Waals surface area contributed by atoms with Crippen molar-refractivity contribution < 1.29 is 13.2 Å². The van der Waals surface area contributed by atoms with Gasteiger partial charge >= 0.3 is 0 Å². The molecule has 0 spiro atoms. The molecule has 3 N–H and O–H groups in total. The molecule has 0 bridgehead atoms. The molecule has 0 aromatic heterocycles. The first-order valence-electron chi connectivity index (χ1n) is 10.9. The van der Waals surface area contributed by atoms with Gasteiger partial charge < -0.3 is 10.1 Å². The average Bonchev–Trinajstić information content (AvgIpc) is 3.49. The largest absolute Gasteiger partial charge is 0.494 e. The molecule has 2 aliphatic carbocycles. The lowest BCUT2D eigenvalue weighted by Crippen LogP contribution is -2.31. The number of fused-ring (bicyclic) bond motifs is 1. The molecule has 3 atom stereocenters. The molecule has 2 aromatic rings. The number of nitrogens with one attached hydrogen (secondary N) is 1. The molecule has 0 aliphatic heterocycles. The summed E-state index contributed by atoms with van der Waals surface area (Å²) in [7, 11) is -1.50. The third-order valence-corrected chi connectivity index (χ3v) is 8.04. The molecule has 0 amide bonds. The Morgan fingerprint density at radius 3 is 2.60 bits per heavy atom. The predicted molar refractivity (Wildman–Crippen MR) is 120 cm³/mol. The van der Waals surface area contributed by atoms with Crippen molar-refractivity contribution in [2.75, 3.05) is 20.2 Å². The summed E-state index contributed by atoms with van der Waals surface area (Å²) in [6.07, 6.45) is 4.44. The molecule has 2 aromatic carbocycles. The smallest absolute Gasteiger partial charge is 0.212 e. The Hall–Kier alpha value is -1.89. The maximum atomic E-state index is 11.8. The minimum Gasteiger partial charge on any atom is -0.494 e. The minimum atomic E-state index is -3.51. The van der Waals surface area contributed by atoms with Gasteiger partial charge in [0.05, 0.1) is 11.9 Å². The summed E-state index contributed by atoms with van der Waals surface area (Å²) in [6, 6.07) is 17.0. The van der Waals surface area contributed by atoms with Crippen LogP contribution in [0, 0.1) is 11.8 Å². The van der Waals surface area contributed by atoms with Gasteiger partial charge in [0.2, 0.25) is 10.0 Å². The Morgan fingerprint density at radius 2 is 1.93 bits per heavy atom. The molecule has 0 radical (unpaired) electrons. The van der Waals surface area contributed by atoms with Crippen molar-refractivity contribution in [3.8, 4) is 5.75 Å². The van der Waals surface area contributed by atoms with Gasteiger partial charge in [-0.2, -0.15) is 0 Å². The van der Waals surface area contributed by atoms with E-state index in [1.54, 1.807) is 0 Å². The lowest BCUT2D eigenvalue weighted by molar-refractivity contribution is 0.303. The van der Waals surface area contributed by atoms with Gasteiger partial charge in [-0.3, -0.25) is 0 Å². The van der Waals surface area contributed by atoms with Gasteiger partial charge in [-0.05, 0) is 92.3 Å². The second-order valence-electron chi connectivity index (χ2n) is 8.78. The molecule has 5 nitrogen and oxygen atoms in total. The van der Waals surface area contributed by atoms with Crippen LogP contribution in [-0.4, -0.2) is 33.9 Å². The van der Waals surface area contributed by atoms with E-state index in [4.69, 9.17) is 9.88 Å². The first-order chi connectivity index (χ1) is 14.5. The van der Waals surface area contributed by atoms with Crippen LogP contribution >= 0.6 is 0 Å². The van der Waals surface area contributed by atoms with Gasteiger partial charge in [0.1, 0.15) is 5.75 Å². The van der Waals surface area contributed by atoms with Gasteiger partial charge in [-0.15, -0.1) is 0 Å². The highest BCUT2D eigenvalue weighted by Crippen LogP contribution is 2.42. The van der Waals surface area contributed by atoms with Gasteiger partial charge in [0.25, 0.3) is 0 Å². The summed E-state index contributed by atoms with van der Waals surface area (Å²) in [6.45, 7) is 1.36. The zero-order valence-electron chi connectivity index (χ0n) is 17.6. The lowest BCUT2D eigenvalue weighted by Gasteiger charge is -2.21. The Balaban J connectivity index is 1.46. The highest BCUT2D eigenvalue weighted by atomic mass is 32.2. The number of rotatable bonds is 10. The van der Waals surface area contributed by atoms with Crippen LogP contribution in [0.15, 0.2) is 48.5 Å². The van der Waals surface area contributed by atoms with Gasteiger partial charge in [-0.1, -0.05) is 36.4 Å². The van der Waals surface area contributed by atoms with E-state index >= 15 is 0 Å². The SMILES string of the molecule is CNCC1Cc2ccc(OCCC(C3CC3)S(N)(=O)=O)cc2C1Cc1ccccc1. The van der Waals surface area contributed by atoms with Crippen LogP contribution in [0.3, 0.4) is 0 Å². The third kappa shape index (κ3) is 5.05. The number of ether oxygens (including phenoxy) is 1. The number of sulfonamides is 1. The van der Waals surface area contributed by atoms with Crippen LogP contribution in [-0.2, 0) is 22.9 Å². The standard InChI is InChI=1S/C24H32N2O3S/c1-26-16-20-14-19-9-10-21(29-12-11-24(18-7-8-18)30(25,27)28)15-23(19)22(20)13-17-5-3-2-4-6-17/h2-6,9-10,15,18,20,22,24,26H,7-8,11-14,16H2,1H3,(H2,25,27,28). The second kappa shape index (κ2) is 9.08. The Labute approximate surface area is 180 Å². The van der Waals surface area contributed by atoms with E-state index in [1.165, 1.54) is 16.7 Å². The van der Waals surface area contributed by atoms with Gasteiger partial charge in [0, 0.05) is 0 Å². The zero-order chi connectivity index (χ0) is 21.1. The van der Waals surface area contributed by atoms with E-state index in [-0.39, 0.29) is 5.92 Å². The van der Waals surface area contributed by atoms with E-state index in [0.29, 0.717) is 24.9 Å². The summed E-state index contributed by atoms with van der Waals surface area (Å²) in [4.78, 5) is 0. The summed E-state index contributed by atoms with van der Waals surface area (Å²) >= 11 is 0. The summed E-state index contributed by atoms with van der Waals surface area (Å²) < 4.78 is 29.7. The fraction of sp³-hybridized carbons (Fsp3) is 0.500. The molecule has 30 heavy (non-hydrogen) atoms. The molecule has 0 heterocycles. The number of primary sulfonamides is 1. The van der Waals surface area contributed by atoms with E-state index in [2.05, 4.69) is 47.8 Å². The number of benzene rings is 2. The number of nitrogens with two attached hydrogens (primary N) is 1. The molecule has 1 saturated carbocycles. The van der Waals surface area contributed by atoms with Crippen molar-refractivity contribution >= 4 is 10.0 Å². The number of hydrogen-bond acceptors (Lipinski definition) is 4. The molecule has 1 fully saturated rings. The fourth-order valence-corrected chi connectivity index (χ4v) is 6.16. The molecular formula is C24H32N2O3S. The maximum Gasteiger partial charge on any atom is 0.212 e. The normalized spacial score (nSPS) is 21.9. The summed E-state index contributed by atoms with van der Waals surface area (Å²) in [5.41, 5.74) is 4.11. The molecule has 2 aliphatic rings. The molecule has 162 valence electrons. The fourth-order valence-electron chi connectivity index (χ4n) is 4.92. The Bertz CT molecular complexity index is 958. The van der Waals surface area contributed by atoms with Crippen molar-refractivity contribution in [3.63, 3.8) is 0 Å². The molecule has 0 saturated heterocycles. The average molecular weight is 429 g/mol. The first-order valence-corrected chi connectivity index (χ1v) is 12.5. The second-order valence-corrected chi connectivity index (χ2v) is 10.6. The van der Waals surface area contributed by atoms with Crippen molar-refractivity contribution in [2.45, 2.75) is 43.3 Å². The monoisotopic (exact) mass is 428 g/mol. The van der Waals surface area contributed by atoms with Crippen LogP contribution in [0.2, 0.25) is 0 Å². The highest BCUT2D eigenvalue weighted by Gasteiger charge is 2.38. The van der Waals surface area contributed by atoms with E-state index < -0.39 is 15.3 Å². The Kier molecular flexibility index (Phi) is 6.46. The van der Waals surface area contributed by atoms with Crippen LogP contribution in [0.1, 0.15) is 41.9 Å². The van der Waals surface area contributed by atoms with Crippen molar-refractivity contribution in [3.05, 3.63) is 65.2 Å². The van der Waals surface area contributed by atoms with Crippen molar-refractivity contribution in [2.24, 2.45) is 17.0 Å².